The van der Waals surface area contributed by atoms with Crippen LogP contribution in [0.5, 0.6) is 0 Å². The van der Waals surface area contributed by atoms with Crippen LogP contribution in [0.2, 0.25) is 0 Å². The van der Waals surface area contributed by atoms with Gasteiger partial charge in [-0.05, 0) is 38.3 Å². The van der Waals surface area contributed by atoms with Crippen molar-refractivity contribution in [3.8, 4) is 0 Å². The summed E-state index contributed by atoms with van der Waals surface area (Å²) < 4.78 is 0. The zero-order chi connectivity index (χ0) is 11.8. The van der Waals surface area contributed by atoms with E-state index in [1.165, 1.54) is 12.8 Å². The fourth-order valence-corrected chi connectivity index (χ4v) is 2.22. The number of unbranched alkanes of at least 4 members (excludes halogenated alkanes) is 1. The summed E-state index contributed by atoms with van der Waals surface area (Å²) >= 11 is 0. The molecule has 0 spiro atoms. The third-order valence-electron chi connectivity index (χ3n) is 3.39. The van der Waals surface area contributed by atoms with Crippen molar-refractivity contribution in [2.24, 2.45) is 5.92 Å². The van der Waals surface area contributed by atoms with Crippen LogP contribution in [0.3, 0.4) is 0 Å². The van der Waals surface area contributed by atoms with Gasteiger partial charge in [-0.1, -0.05) is 20.3 Å². The highest BCUT2D eigenvalue weighted by Gasteiger charge is 2.21. The van der Waals surface area contributed by atoms with E-state index in [4.69, 9.17) is 0 Å². The summed E-state index contributed by atoms with van der Waals surface area (Å²) in [5.41, 5.74) is 0. The van der Waals surface area contributed by atoms with Crippen LogP contribution in [0, 0.1) is 5.92 Å². The van der Waals surface area contributed by atoms with E-state index < -0.39 is 0 Å². The molecule has 94 valence electrons. The lowest BCUT2D eigenvalue weighted by atomic mass is 9.96. The first kappa shape index (κ1) is 13.5. The van der Waals surface area contributed by atoms with Gasteiger partial charge in [-0.3, -0.25) is 4.79 Å². The standard InChI is InChI=1S/C13H26N2O/c1-3-5-6-13(16)15-9-7-12(8-10-15)11-14-4-2/h12,14H,3-11H2,1-2H3. The minimum atomic E-state index is 0.365. The molecule has 1 N–H and O–H groups in total. The topological polar surface area (TPSA) is 32.3 Å². The molecular formula is C13H26N2O. The van der Waals surface area contributed by atoms with Gasteiger partial charge in [-0.15, -0.1) is 0 Å². The third kappa shape index (κ3) is 4.52. The van der Waals surface area contributed by atoms with Gasteiger partial charge >= 0.3 is 0 Å². The van der Waals surface area contributed by atoms with Gasteiger partial charge in [0, 0.05) is 19.5 Å². The number of rotatable bonds is 6. The second-order valence-corrected chi connectivity index (χ2v) is 4.74. The summed E-state index contributed by atoms with van der Waals surface area (Å²) in [5.74, 6) is 1.14. The molecule has 0 bridgehead atoms. The average molecular weight is 226 g/mol. The van der Waals surface area contributed by atoms with Crippen molar-refractivity contribution in [2.45, 2.75) is 46.0 Å². The summed E-state index contributed by atoms with van der Waals surface area (Å²) in [6.07, 6.45) is 5.24. The first-order valence-electron chi connectivity index (χ1n) is 6.76. The molecule has 0 aromatic rings. The number of carbonyl (C=O) groups excluding carboxylic acids is 1. The van der Waals surface area contributed by atoms with Crippen LogP contribution >= 0.6 is 0 Å². The highest BCUT2D eigenvalue weighted by atomic mass is 16.2. The molecule has 1 aliphatic heterocycles. The molecule has 0 atom stereocenters. The molecule has 1 amide bonds. The number of hydrogen-bond donors (Lipinski definition) is 1. The quantitative estimate of drug-likeness (QED) is 0.751. The van der Waals surface area contributed by atoms with Gasteiger partial charge in [0.1, 0.15) is 0 Å². The minimum Gasteiger partial charge on any atom is -0.343 e. The van der Waals surface area contributed by atoms with Crippen molar-refractivity contribution in [1.82, 2.24) is 10.2 Å². The van der Waals surface area contributed by atoms with Crippen molar-refractivity contribution in [3.05, 3.63) is 0 Å². The molecule has 0 aliphatic carbocycles. The molecule has 1 rings (SSSR count). The molecule has 3 nitrogen and oxygen atoms in total. The van der Waals surface area contributed by atoms with Crippen molar-refractivity contribution < 1.29 is 4.79 Å². The summed E-state index contributed by atoms with van der Waals surface area (Å²) in [6, 6.07) is 0. The first-order valence-corrected chi connectivity index (χ1v) is 6.76. The normalized spacial score (nSPS) is 17.8. The fourth-order valence-electron chi connectivity index (χ4n) is 2.22. The van der Waals surface area contributed by atoms with Crippen LogP contribution in [0.1, 0.15) is 46.0 Å². The Morgan fingerprint density at radius 1 is 1.31 bits per heavy atom. The number of likely N-dealkylation sites (tertiary alicyclic amines) is 1. The van der Waals surface area contributed by atoms with Gasteiger partial charge in [0.25, 0.3) is 0 Å². The van der Waals surface area contributed by atoms with Crippen molar-refractivity contribution in [2.75, 3.05) is 26.2 Å². The second-order valence-electron chi connectivity index (χ2n) is 4.74. The Labute approximate surface area is 99.6 Å². The lowest BCUT2D eigenvalue weighted by molar-refractivity contribution is -0.132. The van der Waals surface area contributed by atoms with E-state index in [9.17, 15) is 4.79 Å². The molecular weight excluding hydrogens is 200 g/mol. The van der Waals surface area contributed by atoms with E-state index in [0.717, 1.165) is 51.4 Å². The van der Waals surface area contributed by atoms with Crippen LogP contribution in [-0.4, -0.2) is 37.0 Å². The van der Waals surface area contributed by atoms with Crippen LogP contribution in [0.25, 0.3) is 0 Å². The maximum atomic E-state index is 11.8. The minimum absolute atomic E-state index is 0.365. The van der Waals surface area contributed by atoms with E-state index >= 15 is 0 Å². The number of carbonyl (C=O) groups is 1. The van der Waals surface area contributed by atoms with Gasteiger partial charge < -0.3 is 10.2 Å². The Kier molecular flexibility index (Phi) is 6.46. The van der Waals surface area contributed by atoms with Crippen molar-refractivity contribution in [3.63, 3.8) is 0 Å². The van der Waals surface area contributed by atoms with Gasteiger partial charge in [-0.2, -0.15) is 0 Å². The molecule has 1 fully saturated rings. The highest BCUT2D eigenvalue weighted by Crippen LogP contribution is 2.17. The Bertz CT molecular complexity index is 198. The molecule has 1 aliphatic rings. The second kappa shape index (κ2) is 7.66. The Hall–Kier alpha value is -0.570. The smallest absolute Gasteiger partial charge is 0.222 e. The van der Waals surface area contributed by atoms with E-state index in [1.807, 2.05) is 0 Å². The van der Waals surface area contributed by atoms with Gasteiger partial charge in [0.05, 0.1) is 0 Å². The highest BCUT2D eigenvalue weighted by molar-refractivity contribution is 5.76. The zero-order valence-corrected chi connectivity index (χ0v) is 10.8. The Balaban J connectivity index is 2.18. The summed E-state index contributed by atoms with van der Waals surface area (Å²) in [6.45, 7) is 8.39. The summed E-state index contributed by atoms with van der Waals surface area (Å²) in [4.78, 5) is 13.8. The summed E-state index contributed by atoms with van der Waals surface area (Å²) in [7, 11) is 0. The van der Waals surface area contributed by atoms with Gasteiger partial charge in [0.15, 0.2) is 0 Å². The number of nitrogens with one attached hydrogen (secondary N) is 1. The lowest BCUT2D eigenvalue weighted by Crippen LogP contribution is -2.40. The van der Waals surface area contributed by atoms with E-state index in [1.54, 1.807) is 0 Å². The van der Waals surface area contributed by atoms with Crippen LogP contribution in [-0.2, 0) is 4.79 Å². The lowest BCUT2D eigenvalue weighted by Gasteiger charge is -2.32. The van der Waals surface area contributed by atoms with E-state index in [0.29, 0.717) is 5.91 Å². The van der Waals surface area contributed by atoms with Gasteiger partial charge in [0.2, 0.25) is 5.91 Å². The predicted octanol–water partition coefficient (Wildman–Crippen LogP) is 2.02. The average Bonchev–Trinajstić information content (AvgIpc) is 2.34. The third-order valence-corrected chi connectivity index (χ3v) is 3.39. The van der Waals surface area contributed by atoms with Gasteiger partial charge in [-0.25, -0.2) is 0 Å². The SMILES string of the molecule is CCCCC(=O)N1CCC(CNCC)CC1. The molecule has 3 heteroatoms. The van der Waals surface area contributed by atoms with Crippen LogP contribution in [0.15, 0.2) is 0 Å². The van der Waals surface area contributed by atoms with Crippen LogP contribution in [0.4, 0.5) is 0 Å². The zero-order valence-electron chi connectivity index (χ0n) is 10.8. The molecule has 1 saturated heterocycles. The summed E-state index contributed by atoms with van der Waals surface area (Å²) in [5, 5.41) is 3.39. The molecule has 0 unspecified atom stereocenters. The van der Waals surface area contributed by atoms with Crippen LogP contribution < -0.4 is 5.32 Å². The Morgan fingerprint density at radius 2 is 2.00 bits per heavy atom. The molecule has 0 aromatic heterocycles. The number of amides is 1. The molecule has 1 heterocycles. The molecule has 0 aromatic carbocycles. The molecule has 0 saturated carbocycles. The number of nitrogens with zero attached hydrogens (tertiary/aromatic N) is 1. The number of piperidine rings is 1. The Morgan fingerprint density at radius 3 is 2.56 bits per heavy atom. The fraction of sp³-hybridized carbons (Fsp3) is 0.923. The van der Waals surface area contributed by atoms with E-state index in [2.05, 4.69) is 24.1 Å². The predicted molar refractivity (Wildman–Crippen MR) is 67.4 cm³/mol. The van der Waals surface area contributed by atoms with Crippen molar-refractivity contribution in [1.29, 1.82) is 0 Å². The first-order chi connectivity index (χ1) is 7.77. The molecule has 16 heavy (non-hydrogen) atoms. The monoisotopic (exact) mass is 226 g/mol. The largest absolute Gasteiger partial charge is 0.343 e. The van der Waals surface area contributed by atoms with Crippen molar-refractivity contribution >= 4 is 5.91 Å². The maximum absolute atomic E-state index is 11.8. The van der Waals surface area contributed by atoms with E-state index in [-0.39, 0.29) is 0 Å². The number of hydrogen-bond acceptors (Lipinski definition) is 2. The molecule has 0 radical (unpaired) electrons. The maximum Gasteiger partial charge on any atom is 0.222 e.